The second kappa shape index (κ2) is 5.17. The van der Waals surface area contributed by atoms with Gasteiger partial charge in [-0.1, -0.05) is 35.0 Å². The summed E-state index contributed by atoms with van der Waals surface area (Å²) >= 11 is 0. The highest BCUT2D eigenvalue weighted by molar-refractivity contribution is 5.67. The largest absolute Gasteiger partial charge is 0.211 e. The molecule has 0 radical (unpaired) electrons. The lowest BCUT2D eigenvalue weighted by atomic mass is 10.1. The fourth-order valence-corrected chi connectivity index (χ4v) is 2.09. The summed E-state index contributed by atoms with van der Waals surface area (Å²) in [7, 11) is 0. The van der Waals surface area contributed by atoms with Gasteiger partial charge in [-0.25, -0.2) is 9.07 Å². The molecule has 21 heavy (non-hydrogen) atoms. The van der Waals surface area contributed by atoms with Gasteiger partial charge in [0.2, 0.25) is 0 Å². The van der Waals surface area contributed by atoms with Crippen LogP contribution >= 0.6 is 0 Å². The lowest BCUT2D eigenvalue weighted by Crippen LogP contribution is -2.00. The van der Waals surface area contributed by atoms with Gasteiger partial charge in [-0.3, -0.25) is 0 Å². The normalized spacial score (nSPS) is 10.3. The van der Waals surface area contributed by atoms with E-state index in [0.717, 1.165) is 11.1 Å². The molecular weight excluding hydrogens is 267 g/mol. The molecule has 5 heteroatoms. The third-order valence-corrected chi connectivity index (χ3v) is 3.17. The minimum Gasteiger partial charge on any atom is -0.211 e. The Labute approximate surface area is 121 Å². The third-order valence-electron chi connectivity index (χ3n) is 3.17. The monoisotopic (exact) mass is 278 g/mol. The molecule has 0 saturated carbocycles. The van der Waals surface area contributed by atoms with E-state index >= 15 is 0 Å². The van der Waals surface area contributed by atoms with Gasteiger partial charge < -0.3 is 0 Å². The number of halogens is 1. The van der Waals surface area contributed by atoms with Crippen LogP contribution in [-0.4, -0.2) is 15.0 Å². The number of nitrogens with zero attached hydrogens (tertiary/aromatic N) is 4. The Balaban J connectivity index is 2.19. The van der Waals surface area contributed by atoms with Crippen LogP contribution in [0, 0.1) is 24.1 Å². The van der Waals surface area contributed by atoms with E-state index in [2.05, 4.69) is 10.3 Å². The summed E-state index contributed by atoms with van der Waals surface area (Å²) in [5.74, 6) is -0.323. The predicted molar refractivity (Wildman–Crippen MR) is 76.2 cm³/mol. The molecule has 0 aliphatic carbocycles. The zero-order valence-electron chi connectivity index (χ0n) is 11.3. The van der Waals surface area contributed by atoms with E-state index < -0.39 is 0 Å². The van der Waals surface area contributed by atoms with Crippen molar-refractivity contribution >= 4 is 0 Å². The van der Waals surface area contributed by atoms with E-state index in [-0.39, 0.29) is 11.5 Å². The van der Waals surface area contributed by atoms with Gasteiger partial charge in [-0.2, -0.15) is 5.26 Å². The van der Waals surface area contributed by atoms with E-state index in [4.69, 9.17) is 0 Å². The fourth-order valence-electron chi connectivity index (χ4n) is 2.09. The maximum atomic E-state index is 13.0. The van der Waals surface area contributed by atoms with Crippen molar-refractivity contribution in [2.24, 2.45) is 0 Å². The zero-order valence-corrected chi connectivity index (χ0v) is 11.3. The Kier molecular flexibility index (Phi) is 3.20. The van der Waals surface area contributed by atoms with Crippen molar-refractivity contribution in [3.8, 4) is 23.0 Å². The second-order valence-corrected chi connectivity index (χ2v) is 4.65. The number of aryl methyl sites for hydroxylation is 1. The Hall–Kier alpha value is -3.00. The van der Waals surface area contributed by atoms with Crippen LogP contribution in [0.1, 0.15) is 11.3 Å². The van der Waals surface area contributed by atoms with E-state index in [1.807, 2.05) is 37.3 Å². The van der Waals surface area contributed by atoms with Crippen LogP contribution in [0.25, 0.3) is 16.9 Å². The Morgan fingerprint density at radius 1 is 1.05 bits per heavy atom. The molecule has 2 aromatic carbocycles. The van der Waals surface area contributed by atoms with Gasteiger partial charge in [0.05, 0.1) is 5.69 Å². The smallest absolute Gasteiger partial charge is 0.191 e. The molecule has 3 aromatic rings. The first-order chi connectivity index (χ1) is 10.2. The topological polar surface area (TPSA) is 54.5 Å². The SMILES string of the molecule is Cc1ccc(-c2c(C#N)nnn2-c2ccc(F)cc2)cc1. The average molecular weight is 278 g/mol. The van der Waals surface area contributed by atoms with Crippen LogP contribution in [0.3, 0.4) is 0 Å². The summed E-state index contributed by atoms with van der Waals surface area (Å²) in [6.07, 6.45) is 0. The van der Waals surface area contributed by atoms with E-state index in [9.17, 15) is 9.65 Å². The van der Waals surface area contributed by atoms with Crippen LogP contribution in [0.4, 0.5) is 4.39 Å². The molecule has 0 amide bonds. The Bertz CT molecular complexity index is 811. The van der Waals surface area contributed by atoms with Crippen LogP contribution in [0.2, 0.25) is 0 Å². The van der Waals surface area contributed by atoms with Gasteiger partial charge in [-0.05, 0) is 31.2 Å². The molecule has 1 heterocycles. The number of benzene rings is 2. The lowest BCUT2D eigenvalue weighted by Gasteiger charge is -2.07. The molecule has 1 aromatic heterocycles. The summed E-state index contributed by atoms with van der Waals surface area (Å²) < 4.78 is 14.6. The number of hydrogen-bond donors (Lipinski definition) is 0. The second-order valence-electron chi connectivity index (χ2n) is 4.65. The maximum absolute atomic E-state index is 13.0. The van der Waals surface area contributed by atoms with E-state index in [1.165, 1.54) is 12.1 Å². The first-order valence-electron chi connectivity index (χ1n) is 6.38. The van der Waals surface area contributed by atoms with E-state index in [1.54, 1.807) is 16.8 Å². The minimum atomic E-state index is -0.323. The highest BCUT2D eigenvalue weighted by Gasteiger charge is 2.16. The van der Waals surface area contributed by atoms with Gasteiger partial charge in [-0.15, -0.1) is 5.10 Å². The van der Waals surface area contributed by atoms with Crippen molar-refractivity contribution < 1.29 is 4.39 Å². The van der Waals surface area contributed by atoms with Gasteiger partial charge in [0.25, 0.3) is 0 Å². The summed E-state index contributed by atoms with van der Waals surface area (Å²) in [4.78, 5) is 0. The number of rotatable bonds is 2. The summed E-state index contributed by atoms with van der Waals surface area (Å²) in [6.45, 7) is 1.99. The van der Waals surface area contributed by atoms with Crippen LogP contribution in [0.15, 0.2) is 48.5 Å². The van der Waals surface area contributed by atoms with Crippen LogP contribution in [-0.2, 0) is 0 Å². The average Bonchev–Trinajstić information content (AvgIpc) is 2.93. The fraction of sp³-hybridized carbons (Fsp3) is 0.0625. The molecule has 0 unspecified atom stereocenters. The Morgan fingerprint density at radius 3 is 2.33 bits per heavy atom. The third kappa shape index (κ3) is 2.39. The lowest BCUT2D eigenvalue weighted by molar-refractivity contribution is 0.627. The first-order valence-corrected chi connectivity index (χ1v) is 6.38. The van der Waals surface area contributed by atoms with Gasteiger partial charge in [0.15, 0.2) is 5.69 Å². The summed E-state index contributed by atoms with van der Waals surface area (Å²) in [6, 6.07) is 15.7. The van der Waals surface area contributed by atoms with Crippen molar-refractivity contribution in [1.82, 2.24) is 15.0 Å². The van der Waals surface area contributed by atoms with Crippen LogP contribution in [0.5, 0.6) is 0 Å². The molecule has 3 rings (SSSR count). The molecule has 0 aliphatic rings. The highest BCUT2D eigenvalue weighted by Crippen LogP contribution is 2.25. The molecule has 0 spiro atoms. The van der Waals surface area contributed by atoms with Gasteiger partial charge in [0.1, 0.15) is 17.6 Å². The van der Waals surface area contributed by atoms with E-state index in [0.29, 0.717) is 11.4 Å². The number of aromatic nitrogens is 3. The molecule has 0 fully saturated rings. The number of hydrogen-bond acceptors (Lipinski definition) is 3. The van der Waals surface area contributed by atoms with Gasteiger partial charge in [0, 0.05) is 5.56 Å². The summed E-state index contributed by atoms with van der Waals surface area (Å²) in [5, 5.41) is 17.1. The standard InChI is InChI=1S/C16H11FN4/c1-11-2-4-12(5-3-11)16-15(10-18)19-20-21(16)14-8-6-13(17)7-9-14/h2-9H,1H3. The molecule has 0 saturated heterocycles. The number of nitriles is 1. The molecule has 102 valence electrons. The molecule has 4 nitrogen and oxygen atoms in total. The van der Waals surface area contributed by atoms with Crippen molar-refractivity contribution in [2.45, 2.75) is 6.92 Å². The van der Waals surface area contributed by atoms with Crippen LogP contribution < -0.4 is 0 Å². The molecule has 0 aliphatic heterocycles. The molecular formula is C16H11FN4. The van der Waals surface area contributed by atoms with Gasteiger partial charge >= 0.3 is 0 Å². The minimum absolute atomic E-state index is 0.239. The molecule has 0 N–H and O–H groups in total. The van der Waals surface area contributed by atoms with Crippen molar-refractivity contribution in [1.29, 1.82) is 5.26 Å². The predicted octanol–water partition coefficient (Wildman–Crippen LogP) is 3.25. The molecule has 0 bridgehead atoms. The molecule has 0 atom stereocenters. The van der Waals surface area contributed by atoms with Crippen molar-refractivity contribution in [3.63, 3.8) is 0 Å². The summed E-state index contributed by atoms with van der Waals surface area (Å²) in [5.41, 5.74) is 3.46. The quantitative estimate of drug-likeness (QED) is 0.723. The Morgan fingerprint density at radius 2 is 1.71 bits per heavy atom. The zero-order chi connectivity index (χ0) is 14.8. The van der Waals surface area contributed by atoms with Crippen molar-refractivity contribution in [3.05, 3.63) is 65.6 Å². The highest BCUT2D eigenvalue weighted by atomic mass is 19.1. The maximum Gasteiger partial charge on any atom is 0.191 e. The van der Waals surface area contributed by atoms with Crippen molar-refractivity contribution in [2.75, 3.05) is 0 Å². The first kappa shape index (κ1) is 13.0.